The molecule has 0 saturated heterocycles. The van der Waals surface area contributed by atoms with E-state index in [0.29, 0.717) is 11.1 Å². The van der Waals surface area contributed by atoms with Gasteiger partial charge in [0.25, 0.3) is 5.91 Å². The monoisotopic (exact) mass is 326 g/mol. The van der Waals surface area contributed by atoms with Gasteiger partial charge in [-0.2, -0.15) is 0 Å². The minimum Gasteiger partial charge on any atom is -0.466 e. The smallest absolute Gasteiger partial charge is 0.251 e. The van der Waals surface area contributed by atoms with Crippen LogP contribution < -0.4 is 11.1 Å². The molecule has 0 unspecified atom stereocenters. The number of nitrogens with one attached hydrogen (secondary N) is 1. The number of carbonyl (C=O) groups is 2. The summed E-state index contributed by atoms with van der Waals surface area (Å²) in [5.74, 6) is 1.15. The Bertz CT molecular complexity index is 787. The van der Waals surface area contributed by atoms with E-state index < -0.39 is 5.91 Å². The van der Waals surface area contributed by atoms with Crippen LogP contribution in [0.4, 0.5) is 0 Å². The van der Waals surface area contributed by atoms with Crippen LogP contribution in [-0.2, 0) is 6.42 Å². The van der Waals surface area contributed by atoms with Crippen LogP contribution in [0.3, 0.4) is 0 Å². The second-order valence-corrected chi connectivity index (χ2v) is 7.25. The van der Waals surface area contributed by atoms with Gasteiger partial charge < -0.3 is 15.5 Å². The lowest BCUT2D eigenvalue weighted by Gasteiger charge is -2.34. The van der Waals surface area contributed by atoms with Gasteiger partial charge in [0.1, 0.15) is 11.5 Å². The molecule has 1 heterocycles. The van der Waals surface area contributed by atoms with Crippen molar-refractivity contribution in [1.82, 2.24) is 5.32 Å². The van der Waals surface area contributed by atoms with E-state index in [-0.39, 0.29) is 17.4 Å². The Labute approximate surface area is 141 Å². The first kappa shape index (κ1) is 16.3. The Kier molecular flexibility index (Phi) is 3.95. The highest BCUT2D eigenvalue weighted by atomic mass is 16.3. The highest BCUT2D eigenvalue weighted by Gasteiger charge is 2.35. The lowest BCUT2D eigenvalue weighted by Crippen LogP contribution is -2.36. The zero-order valence-electron chi connectivity index (χ0n) is 14.2. The van der Waals surface area contributed by atoms with Gasteiger partial charge in [-0.25, -0.2) is 0 Å². The van der Waals surface area contributed by atoms with Gasteiger partial charge in [0, 0.05) is 23.1 Å². The Morgan fingerprint density at radius 1 is 1.21 bits per heavy atom. The molecule has 2 aromatic rings. The average Bonchev–Trinajstić information content (AvgIpc) is 2.86. The number of furan rings is 1. The second kappa shape index (κ2) is 5.82. The summed E-state index contributed by atoms with van der Waals surface area (Å²) in [5, 5.41) is 3.09. The van der Waals surface area contributed by atoms with Crippen molar-refractivity contribution >= 4 is 11.8 Å². The summed E-state index contributed by atoms with van der Waals surface area (Å²) in [4.78, 5) is 23.7. The molecule has 2 amide bonds. The van der Waals surface area contributed by atoms with Crippen molar-refractivity contribution in [1.29, 1.82) is 0 Å². The number of carbonyl (C=O) groups excluding carboxylic acids is 2. The minimum atomic E-state index is -0.505. The molecule has 0 radical (unpaired) electrons. The van der Waals surface area contributed by atoms with Crippen molar-refractivity contribution in [3.05, 3.63) is 58.5 Å². The fraction of sp³-hybridized carbons (Fsp3) is 0.368. The predicted octanol–water partition coefficient (Wildman–Crippen LogP) is 3.13. The number of aryl methyl sites for hydroxylation is 1. The third-order valence-corrected chi connectivity index (χ3v) is 4.47. The van der Waals surface area contributed by atoms with Crippen LogP contribution in [0.15, 0.2) is 34.7 Å². The number of benzene rings is 1. The molecule has 0 bridgehead atoms. The van der Waals surface area contributed by atoms with E-state index in [1.54, 1.807) is 24.3 Å². The Morgan fingerprint density at radius 3 is 2.46 bits per heavy atom. The topological polar surface area (TPSA) is 85.3 Å². The maximum absolute atomic E-state index is 12.6. The molecule has 5 nitrogen and oxygen atoms in total. The van der Waals surface area contributed by atoms with Gasteiger partial charge in [0.15, 0.2) is 0 Å². The highest BCUT2D eigenvalue weighted by Crippen LogP contribution is 2.42. The minimum absolute atomic E-state index is 0.0606. The molecule has 0 saturated carbocycles. The van der Waals surface area contributed by atoms with E-state index >= 15 is 0 Å². The molecular formula is C19H22N2O3. The van der Waals surface area contributed by atoms with E-state index in [9.17, 15) is 9.59 Å². The quantitative estimate of drug-likeness (QED) is 0.908. The molecule has 1 atom stereocenters. The predicted molar refractivity (Wildman–Crippen MR) is 90.7 cm³/mol. The number of rotatable bonds is 3. The first-order valence-corrected chi connectivity index (χ1v) is 8.05. The largest absolute Gasteiger partial charge is 0.466 e. The van der Waals surface area contributed by atoms with Gasteiger partial charge >= 0.3 is 0 Å². The van der Waals surface area contributed by atoms with Crippen LogP contribution >= 0.6 is 0 Å². The lowest BCUT2D eigenvalue weighted by molar-refractivity contribution is 0.0915. The molecule has 0 spiro atoms. The van der Waals surface area contributed by atoms with Crippen LogP contribution in [-0.4, -0.2) is 11.8 Å². The fourth-order valence-corrected chi connectivity index (χ4v) is 3.34. The van der Waals surface area contributed by atoms with E-state index in [0.717, 1.165) is 29.9 Å². The SMILES string of the molecule is Cc1cc2c(o1)CC(C)(C)C[C@@H]2NC(=O)c1ccc(C(N)=O)cc1. The molecule has 3 rings (SSSR count). The molecule has 0 fully saturated rings. The summed E-state index contributed by atoms with van der Waals surface area (Å²) >= 11 is 0. The molecule has 126 valence electrons. The van der Waals surface area contributed by atoms with Gasteiger partial charge in [-0.1, -0.05) is 13.8 Å². The van der Waals surface area contributed by atoms with E-state index in [1.165, 1.54) is 0 Å². The van der Waals surface area contributed by atoms with Gasteiger partial charge in [0.2, 0.25) is 5.91 Å². The van der Waals surface area contributed by atoms with E-state index in [2.05, 4.69) is 19.2 Å². The normalized spacial score (nSPS) is 18.7. The van der Waals surface area contributed by atoms with E-state index in [1.807, 2.05) is 13.0 Å². The molecular weight excluding hydrogens is 304 g/mol. The molecule has 3 N–H and O–H groups in total. The van der Waals surface area contributed by atoms with Crippen LogP contribution in [0.1, 0.15) is 64.1 Å². The number of hydrogen-bond acceptors (Lipinski definition) is 3. The molecule has 0 aliphatic heterocycles. The van der Waals surface area contributed by atoms with Crippen molar-refractivity contribution in [2.75, 3.05) is 0 Å². The summed E-state index contributed by atoms with van der Waals surface area (Å²) < 4.78 is 5.80. The molecule has 5 heteroatoms. The van der Waals surface area contributed by atoms with Crippen LogP contribution in [0.2, 0.25) is 0 Å². The third-order valence-electron chi connectivity index (χ3n) is 4.47. The van der Waals surface area contributed by atoms with Gasteiger partial charge in [-0.3, -0.25) is 9.59 Å². The number of primary amides is 1. The van der Waals surface area contributed by atoms with Gasteiger partial charge in [-0.05, 0) is 49.1 Å². The van der Waals surface area contributed by atoms with Crippen molar-refractivity contribution in [2.45, 2.75) is 39.7 Å². The zero-order chi connectivity index (χ0) is 17.5. The second-order valence-electron chi connectivity index (χ2n) is 7.25. The summed E-state index contributed by atoms with van der Waals surface area (Å²) in [6.45, 7) is 6.27. The fourth-order valence-electron chi connectivity index (χ4n) is 3.34. The Balaban J connectivity index is 1.82. The number of hydrogen-bond donors (Lipinski definition) is 2. The van der Waals surface area contributed by atoms with Crippen molar-refractivity contribution < 1.29 is 14.0 Å². The van der Waals surface area contributed by atoms with Crippen molar-refractivity contribution in [3.63, 3.8) is 0 Å². The van der Waals surface area contributed by atoms with Gasteiger partial charge in [0.05, 0.1) is 6.04 Å². The Morgan fingerprint density at radius 2 is 1.83 bits per heavy atom. The van der Waals surface area contributed by atoms with Gasteiger partial charge in [-0.15, -0.1) is 0 Å². The first-order chi connectivity index (χ1) is 11.2. The molecule has 1 aromatic carbocycles. The first-order valence-electron chi connectivity index (χ1n) is 8.05. The standard InChI is InChI=1S/C19H22N2O3/c1-11-8-14-15(9-19(2,3)10-16(14)24-11)21-18(23)13-6-4-12(5-7-13)17(20)22/h4-8,15H,9-10H2,1-3H3,(H2,20,22)(H,21,23)/t15-/m0/s1. The number of nitrogens with two attached hydrogens (primary N) is 1. The average molecular weight is 326 g/mol. The summed E-state index contributed by atoms with van der Waals surface area (Å²) in [6, 6.07) is 8.29. The van der Waals surface area contributed by atoms with Crippen LogP contribution in [0.25, 0.3) is 0 Å². The van der Waals surface area contributed by atoms with Crippen molar-refractivity contribution in [2.24, 2.45) is 11.1 Å². The summed E-state index contributed by atoms with van der Waals surface area (Å²) in [7, 11) is 0. The zero-order valence-corrected chi connectivity index (χ0v) is 14.2. The van der Waals surface area contributed by atoms with Crippen LogP contribution in [0.5, 0.6) is 0 Å². The van der Waals surface area contributed by atoms with E-state index in [4.69, 9.17) is 10.2 Å². The third kappa shape index (κ3) is 3.20. The molecule has 24 heavy (non-hydrogen) atoms. The van der Waals surface area contributed by atoms with Crippen LogP contribution in [0, 0.1) is 12.3 Å². The maximum atomic E-state index is 12.6. The molecule has 1 aliphatic rings. The van der Waals surface area contributed by atoms with Crippen molar-refractivity contribution in [3.8, 4) is 0 Å². The lowest BCUT2D eigenvalue weighted by atomic mass is 9.74. The summed E-state index contributed by atoms with van der Waals surface area (Å²) in [5.41, 5.74) is 7.24. The molecule has 1 aliphatic carbocycles. The maximum Gasteiger partial charge on any atom is 0.251 e. The highest BCUT2D eigenvalue weighted by molar-refractivity contribution is 5.97. The summed E-state index contributed by atoms with van der Waals surface area (Å²) in [6.07, 6.45) is 1.72. The number of fused-ring (bicyclic) bond motifs is 1. The Hall–Kier alpha value is -2.56. The molecule has 1 aromatic heterocycles. The number of amides is 2.